The molecule has 1 N–H and O–H groups in total. The van der Waals surface area contributed by atoms with E-state index in [-0.39, 0.29) is 0 Å². The van der Waals surface area contributed by atoms with Crippen LogP contribution in [0.1, 0.15) is 9.67 Å². The van der Waals surface area contributed by atoms with Crippen LogP contribution in [0.3, 0.4) is 0 Å². The Morgan fingerprint density at radius 2 is 2.12 bits per heavy atom. The molecule has 3 aromatic heterocycles. The third-order valence-electron chi connectivity index (χ3n) is 2.35. The summed E-state index contributed by atoms with van der Waals surface area (Å²) in [5.74, 6) is -0.256. The van der Waals surface area contributed by atoms with Crippen LogP contribution >= 0.6 is 11.3 Å². The van der Waals surface area contributed by atoms with Gasteiger partial charge < -0.3 is 5.11 Å². The number of pyridine rings is 1. The number of nitrogens with zero attached hydrogens (tertiary/aromatic N) is 3. The minimum absolute atomic E-state index is 0.299. The summed E-state index contributed by atoms with van der Waals surface area (Å²) in [7, 11) is 0. The summed E-state index contributed by atoms with van der Waals surface area (Å²) in [6.45, 7) is 0. The van der Waals surface area contributed by atoms with Crippen molar-refractivity contribution in [1.82, 2.24) is 14.6 Å². The molecule has 0 aliphatic carbocycles. The lowest BCUT2D eigenvalue weighted by Crippen LogP contribution is -1.89. The van der Waals surface area contributed by atoms with E-state index in [9.17, 15) is 4.79 Å². The molecule has 0 spiro atoms. The van der Waals surface area contributed by atoms with Gasteiger partial charge in [-0.25, -0.2) is 4.79 Å². The molecule has 0 aliphatic heterocycles. The van der Waals surface area contributed by atoms with Gasteiger partial charge in [0.2, 0.25) is 0 Å². The van der Waals surface area contributed by atoms with Crippen LogP contribution in [0.5, 0.6) is 0 Å². The van der Waals surface area contributed by atoms with E-state index < -0.39 is 5.97 Å². The largest absolute Gasteiger partial charge is 0.477 e. The number of thiophene rings is 1. The Kier molecular flexibility index (Phi) is 2.15. The summed E-state index contributed by atoms with van der Waals surface area (Å²) >= 11 is 1.19. The van der Waals surface area contributed by atoms with Crippen LogP contribution in [0.25, 0.3) is 16.3 Å². The first kappa shape index (κ1) is 9.98. The normalized spacial score (nSPS) is 10.8. The molecule has 0 aromatic carbocycles. The molecule has 0 saturated heterocycles. The maximum absolute atomic E-state index is 10.8. The Hall–Kier alpha value is -2.21. The van der Waals surface area contributed by atoms with Crippen LogP contribution in [0.2, 0.25) is 0 Å². The van der Waals surface area contributed by atoms with Gasteiger partial charge in [-0.1, -0.05) is 6.07 Å². The first-order chi connectivity index (χ1) is 8.25. The standard InChI is InChI=1S/C11H7N3O2S/c15-11(16)8-5-4-7(17-8)10-13-12-9-3-1-2-6-14(9)10/h1-6H,(H,15,16). The van der Waals surface area contributed by atoms with Gasteiger partial charge in [-0.05, 0) is 24.3 Å². The van der Waals surface area contributed by atoms with Crippen molar-refractivity contribution >= 4 is 23.0 Å². The monoisotopic (exact) mass is 245 g/mol. The number of carbonyl (C=O) groups is 1. The topological polar surface area (TPSA) is 67.5 Å². The van der Waals surface area contributed by atoms with E-state index in [2.05, 4.69) is 10.2 Å². The highest BCUT2D eigenvalue weighted by molar-refractivity contribution is 7.17. The molecule has 6 heteroatoms. The molecule has 3 rings (SSSR count). The molecule has 3 heterocycles. The molecule has 84 valence electrons. The van der Waals surface area contributed by atoms with Crippen molar-refractivity contribution < 1.29 is 9.90 Å². The number of hydrogen-bond acceptors (Lipinski definition) is 4. The number of aromatic carboxylic acids is 1. The fourth-order valence-corrected chi connectivity index (χ4v) is 2.41. The Bertz CT molecular complexity index is 701. The number of aromatic nitrogens is 3. The van der Waals surface area contributed by atoms with Crippen molar-refractivity contribution in [2.45, 2.75) is 0 Å². The maximum Gasteiger partial charge on any atom is 0.345 e. The van der Waals surface area contributed by atoms with Crippen molar-refractivity contribution in [3.63, 3.8) is 0 Å². The highest BCUT2D eigenvalue weighted by Crippen LogP contribution is 2.26. The summed E-state index contributed by atoms with van der Waals surface area (Å²) in [5, 5.41) is 17.0. The fraction of sp³-hybridized carbons (Fsp3) is 0. The summed E-state index contributed by atoms with van der Waals surface area (Å²) in [5.41, 5.74) is 0.743. The Balaban J connectivity index is 2.17. The fourth-order valence-electron chi connectivity index (χ4n) is 1.58. The zero-order chi connectivity index (χ0) is 11.8. The molecule has 0 bridgehead atoms. The van der Waals surface area contributed by atoms with Crippen LogP contribution in [0, 0.1) is 0 Å². The number of hydrogen-bond donors (Lipinski definition) is 1. The van der Waals surface area contributed by atoms with Gasteiger partial charge in [0, 0.05) is 6.20 Å². The Morgan fingerprint density at radius 1 is 1.24 bits per heavy atom. The lowest BCUT2D eigenvalue weighted by molar-refractivity contribution is 0.0702. The van der Waals surface area contributed by atoms with Crippen molar-refractivity contribution in [3.8, 4) is 10.7 Å². The second-order valence-electron chi connectivity index (χ2n) is 3.42. The van der Waals surface area contributed by atoms with Crippen LogP contribution in [0.4, 0.5) is 0 Å². The smallest absolute Gasteiger partial charge is 0.345 e. The van der Waals surface area contributed by atoms with Gasteiger partial charge in [0.1, 0.15) is 4.88 Å². The molecule has 0 aliphatic rings. The third-order valence-corrected chi connectivity index (χ3v) is 3.42. The van der Waals surface area contributed by atoms with Crippen molar-refractivity contribution in [1.29, 1.82) is 0 Å². The van der Waals surface area contributed by atoms with E-state index >= 15 is 0 Å². The van der Waals surface area contributed by atoms with Gasteiger partial charge in [0.05, 0.1) is 4.88 Å². The molecule has 3 aromatic rings. The van der Waals surface area contributed by atoms with Gasteiger partial charge in [0.25, 0.3) is 0 Å². The highest BCUT2D eigenvalue weighted by Gasteiger charge is 2.12. The van der Waals surface area contributed by atoms with E-state index in [1.807, 2.05) is 28.8 Å². The highest BCUT2D eigenvalue weighted by atomic mass is 32.1. The Morgan fingerprint density at radius 3 is 2.88 bits per heavy atom. The molecule has 0 atom stereocenters. The minimum atomic E-state index is -0.921. The Labute approximate surface area is 100.0 Å². The summed E-state index contributed by atoms with van der Waals surface area (Å²) in [4.78, 5) is 11.9. The van der Waals surface area contributed by atoms with Crippen LogP contribution < -0.4 is 0 Å². The van der Waals surface area contributed by atoms with E-state index in [4.69, 9.17) is 5.11 Å². The number of fused-ring (bicyclic) bond motifs is 1. The van der Waals surface area contributed by atoms with E-state index in [0.29, 0.717) is 10.7 Å². The zero-order valence-electron chi connectivity index (χ0n) is 8.57. The lowest BCUT2D eigenvalue weighted by Gasteiger charge is -1.94. The number of carboxylic acids is 1. The van der Waals surface area contributed by atoms with Gasteiger partial charge in [-0.3, -0.25) is 4.40 Å². The van der Waals surface area contributed by atoms with E-state index in [1.165, 1.54) is 11.3 Å². The van der Waals surface area contributed by atoms with Crippen molar-refractivity contribution in [2.75, 3.05) is 0 Å². The van der Waals surface area contributed by atoms with Crippen LogP contribution in [0.15, 0.2) is 36.5 Å². The number of carboxylic acid groups (broad SMARTS) is 1. The summed E-state index contributed by atoms with van der Waals surface area (Å²) in [6, 6.07) is 8.93. The average molecular weight is 245 g/mol. The van der Waals surface area contributed by atoms with Gasteiger partial charge in [-0.15, -0.1) is 21.5 Å². The van der Waals surface area contributed by atoms with Gasteiger partial charge in [0.15, 0.2) is 11.5 Å². The lowest BCUT2D eigenvalue weighted by atomic mass is 10.4. The summed E-state index contributed by atoms with van der Waals surface area (Å²) in [6.07, 6.45) is 1.85. The average Bonchev–Trinajstić information content (AvgIpc) is 2.95. The molecule has 17 heavy (non-hydrogen) atoms. The summed E-state index contributed by atoms with van der Waals surface area (Å²) < 4.78 is 1.83. The van der Waals surface area contributed by atoms with Crippen LogP contribution in [-0.4, -0.2) is 25.7 Å². The minimum Gasteiger partial charge on any atom is -0.477 e. The second kappa shape index (κ2) is 3.67. The molecular formula is C11H7N3O2S. The predicted octanol–water partition coefficient (Wildman–Crippen LogP) is 2.16. The molecule has 0 fully saturated rings. The zero-order valence-corrected chi connectivity index (χ0v) is 9.39. The second-order valence-corrected chi connectivity index (χ2v) is 4.51. The maximum atomic E-state index is 10.8. The molecule has 0 amide bonds. The SMILES string of the molecule is O=C(O)c1ccc(-c2nnc3ccccn23)s1. The van der Waals surface area contributed by atoms with Gasteiger partial charge in [-0.2, -0.15) is 0 Å². The molecule has 0 unspecified atom stereocenters. The molecule has 0 saturated carbocycles. The van der Waals surface area contributed by atoms with Crippen molar-refractivity contribution in [3.05, 3.63) is 41.4 Å². The number of rotatable bonds is 2. The first-order valence-corrected chi connectivity index (χ1v) is 5.70. The first-order valence-electron chi connectivity index (χ1n) is 4.89. The van der Waals surface area contributed by atoms with Crippen LogP contribution in [-0.2, 0) is 0 Å². The molecule has 5 nitrogen and oxygen atoms in total. The van der Waals surface area contributed by atoms with E-state index in [0.717, 1.165) is 10.5 Å². The predicted molar refractivity (Wildman–Crippen MR) is 63.3 cm³/mol. The third kappa shape index (κ3) is 1.58. The van der Waals surface area contributed by atoms with Crippen molar-refractivity contribution in [2.24, 2.45) is 0 Å². The molecular weight excluding hydrogens is 238 g/mol. The van der Waals surface area contributed by atoms with E-state index in [1.54, 1.807) is 12.1 Å². The quantitative estimate of drug-likeness (QED) is 0.751. The molecule has 0 radical (unpaired) electrons. The van der Waals surface area contributed by atoms with Gasteiger partial charge >= 0.3 is 5.97 Å².